The number of aromatic nitrogens is 3. The molecule has 2 aromatic carbocycles. The summed E-state index contributed by atoms with van der Waals surface area (Å²) in [5.74, 6) is -0.731. The molecule has 2 N–H and O–H groups in total. The predicted molar refractivity (Wildman–Crippen MR) is 140 cm³/mol. The van der Waals surface area contributed by atoms with Crippen molar-refractivity contribution in [2.45, 2.75) is 37.2 Å². The van der Waals surface area contributed by atoms with Crippen LogP contribution < -0.4 is 10.6 Å². The van der Waals surface area contributed by atoms with Crippen LogP contribution in [0.1, 0.15) is 41.0 Å². The van der Waals surface area contributed by atoms with Crippen LogP contribution in [0.25, 0.3) is 11.6 Å². The van der Waals surface area contributed by atoms with Gasteiger partial charge >= 0.3 is 12.2 Å². The van der Waals surface area contributed by atoms with Crippen LogP contribution in [0.5, 0.6) is 0 Å². The fourth-order valence-electron chi connectivity index (χ4n) is 4.81. The molecule has 1 fully saturated rings. The van der Waals surface area contributed by atoms with Gasteiger partial charge in [0.05, 0.1) is 23.1 Å². The minimum Gasteiger partial charge on any atom is -0.402 e. The molecular formula is C28H23F3N6O3. The van der Waals surface area contributed by atoms with E-state index >= 15 is 0 Å². The minimum absolute atomic E-state index is 0.0400. The van der Waals surface area contributed by atoms with Gasteiger partial charge in [0.2, 0.25) is 6.17 Å². The van der Waals surface area contributed by atoms with Gasteiger partial charge in [-0.15, -0.1) is 5.10 Å². The maximum atomic E-state index is 13.4. The van der Waals surface area contributed by atoms with E-state index in [4.69, 9.17) is 9.15 Å². The summed E-state index contributed by atoms with van der Waals surface area (Å²) in [6, 6.07) is 17.7. The normalized spacial score (nSPS) is 20.6. The van der Waals surface area contributed by atoms with Crippen LogP contribution in [0.15, 0.2) is 76.3 Å². The van der Waals surface area contributed by atoms with E-state index in [2.05, 4.69) is 30.8 Å². The summed E-state index contributed by atoms with van der Waals surface area (Å²) in [5, 5.41) is 13.7. The Bertz CT molecular complexity index is 1580. The molecule has 2 aromatic heterocycles. The van der Waals surface area contributed by atoms with Crippen molar-refractivity contribution in [1.29, 1.82) is 0 Å². The van der Waals surface area contributed by atoms with E-state index in [1.807, 2.05) is 48.5 Å². The standard InChI is InChI=1S/C28H23F3N6O3/c1-39-18-11-16(12-18)20-13-17(28(29,30)31)14-32-23(20)26-36-37-27(40-26)35-24-25(38)33-21-10-6-5-9-19(21)22(34-24)15-7-3-2-4-8-15/h2-10,13-14,16,18,24H,11-12H2,1H3,(H,33,38)(H,35,37)/t16?,18?,24-/m1/s1. The number of benzodiazepines with no additional fused rings is 1. The lowest BCUT2D eigenvalue weighted by Gasteiger charge is -2.35. The van der Waals surface area contributed by atoms with Gasteiger partial charge in [-0.2, -0.15) is 13.2 Å². The Kier molecular flexibility index (Phi) is 6.54. The van der Waals surface area contributed by atoms with E-state index in [1.54, 1.807) is 13.2 Å². The van der Waals surface area contributed by atoms with Crippen molar-refractivity contribution in [1.82, 2.24) is 15.2 Å². The van der Waals surface area contributed by atoms with Gasteiger partial charge in [-0.25, -0.2) is 4.99 Å². The first-order valence-electron chi connectivity index (χ1n) is 12.5. The highest BCUT2D eigenvalue weighted by Gasteiger charge is 2.37. The molecule has 0 bridgehead atoms. The number of halogens is 3. The number of nitrogens with zero attached hydrogens (tertiary/aromatic N) is 4. The predicted octanol–water partition coefficient (Wildman–Crippen LogP) is 5.27. The van der Waals surface area contributed by atoms with E-state index in [1.165, 1.54) is 0 Å². The summed E-state index contributed by atoms with van der Waals surface area (Å²) < 4.78 is 51.4. The van der Waals surface area contributed by atoms with E-state index < -0.39 is 23.8 Å². The molecule has 0 saturated heterocycles. The van der Waals surface area contributed by atoms with Crippen molar-refractivity contribution in [2.75, 3.05) is 17.7 Å². The fraction of sp³-hybridized carbons (Fsp3) is 0.250. The Morgan fingerprint density at radius 1 is 1.05 bits per heavy atom. The quantitative estimate of drug-likeness (QED) is 0.337. The number of carbonyl (C=O) groups excluding carboxylic acids is 1. The van der Waals surface area contributed by atoms with Gasteiger partial charge in [0.15, 0.2) is 0 Å². The van der Waals surface area contributed by atoms with E-state index in [0.717, 1.165) is 23.4 Å². The number of hydrogen-bond donors (Lipinski definition) is 2. The summed E-state index contributed by atoms with van der Waals surface area (Å²) in [6.45, 7) is 0. The number of para-hydroxylation sites is 1. The first-order chi connectivity index (χ1) is 19.3. The molecule has 1 aliphatic carbocycles. The summed E-state index contributed by atoms with van der Waals surface area (Å²) in [7, 11) is 1.57. The third kappa shape index (κ3) is 4.93. The van der Waals surface area contributed by atoms with Crippen LogP contribution in [0.4, 0.5) is 24.9 Å². The van der Waals surface area contributed by atoms with Crippen LogP contribution in [0, 0.1) is 0 Å². The number of alkyl halides is 3. The van der Waals surface area contributed by atoms with Crippen molar-refractivity contribution < 1.29 is 27.1 Å². The molecule has 1 saturated carbocycles. The molecule has 1 atom stereocenters. The number of carbonyl (C=O) groups is 1. The van der Waals surface area contributed by atoms with Crippen molar-refractivity contribution >= 4 is 23.3 Å². The average Bonchev–Trinajstić information content (AvgIpc) is 3.33. The van der Waals surface area contributed by atoms with Gasteiger partial charge in [0.25, 0.3) is 11.8 Å². The number of aliphatic imine (C=N–C) groups is 1. The molecule has 12 heteroatoms. The maximum Gasteiger partial charge on any atom is 0.417 e. The van der Waals surface area contributed by atoms with Crippen molar-refractivity contribution in [2.24, 2.45) is 4.99 Å². The lowest BCUT2D eigenvalue weighted by atomic mass is 9.76. The van der Waals surface area contributed by atoms with Crippen LogP contribution in [-0.2, 0) is 15.7 Å². The number of methoxy groups -OCH3 is 1. The number of nitrogens with one attached hydrogen (secondary N) is 2. The third-order valence-electron chi connectivity index (χ3n) is 6.99. The smallest absolute Gasteiger partial charge is 0.402 e. The average molecular weight is 549 g/mol. The minimum atomic E-state index is -4.55. The molecule has 1 amide bonds. The van der Waals surface area contributed by atoms with Crippen LogP contribution in [0.3, 0.4) is 0 Å². The summed E-state index contributed by atoms with van der Waals surface area (Å²) in [6.07, 6.45) is -3.89. The Morgan fingerprint density at radius 2 is 1.80 bits per heavy atom. The molecule has 0 unspecified atom stereocenters. The summed E-state index contributed by atoms with van der Waals surface area (Å²) in [5.41, 5.74) is 2.37. The van der Waals surface area contributed by atoms with Gasteiger partial charge in [-0.1, -0.05) is 53.6 Å². The van der Waals surface area contributed by atoms with Gasteiger partial charge in [0, 0.05) is 24.4 Å². The first-order valence-corrected chi connectivity index (χ1v) is 12.5. The second-order valence-corrected chi connectivity index (χ2v) is 9.52. The van der Waals surface area contributed by atoms with Gasteiger partial charge in [-0.3, -0.25) is 9.78 Å². The first kappa shape index (κ1) is 25.7. The van der Waals surface area contributed by atoms with Crippen molar-refractivity contribution in [3.63, 3.8) is 0 Å². The number of benzene rings is 2. The molecule has 0 radical (unpaired) electrons. The number of pyridine rings is 1. The monoisotopic (exact) mass is 548 g/mol. The maximum absolute atomic E-state index is 13.4. The summed E-state index contributed by atoms with van der Waals surface area (Å²) >= 11 is 0. The second-order valence-electron chi connectivity index (χ2n) is 9.52. The largest absolute Gasteiger partial charge is 0.417 e. The zero-order chi connectivity index (χ0) is 27.9. The number of hydrogen-bond acceptors (Lipinski definition) is 8. The Balaban J connectivity index is 1.32. The topological polar surface area (TPSA) is 115 Å². The van der Waals surface area contributed by atoms with Gasteiger partial charge in [0.1, 0.15) is 5.69 Å². The molecule has 9 nitrogen and oxygen atoms in total. The number of anilines is 2. The molecule has 3 heterocycles. The molecule has 1 aliphatic heterocycles. The molecule has 0 spiro atoms. The third-order valence-corrected chi connectivity index (χ3v) is 6.99. The molecule has 6 rings (SSSR count). The number of ether oxygens (including phenoxy) is 1. The lowest BCUT2D eigenvalue weighted by molar-refractivity contribution is -0.137. The zero-order valence-corrected chi connectivity index (χ0v) is 21.1. The number of rotatable bonds is 6. The van der Waals surface area contributed by atoms with Crippen LogP contribution in [0.2, 0.25) is 0 Å². The highest BCUT2D eigenvalue weighted by molar-refractivity contribution is 6.19. The molecule has 40 heavy (non-hydrogen) atoms. The number of fused-ring (bicyclic) bond motifs is 1. The molecular weight excluding hydrogens is 525 g/mol. The second kappa shape index (κ2) is 10.2. The van der Waals surface area contributed by atoms with Gasteiger partial charge in [-0.05, 0) is 36.5 Å². The highest BCUT2D eigenvalue weighted by atomic mass is 19.4. The summed E-state index contributed by atoms with van der Waals surface area (Å²) in [4.78, 5) is 21.8. The Labute approximate surface area is 226 Å². The molecule has 2 aliphatic rings. The zero-order valence-electron chi connectivity index (χ0n) is 21.1. The lowest BCUT2D eigenvalue weighted by Crippen LogP contribution is -2.32. The van der Waals surface area contributed by atoms with Crippen LogP contribution in [-0.4, -0.2) is 46.2 Å². The van der Waals surface area contributed by atoms with Crippen molar-refractivity contribution in [3.05, 3.63) is 89.1 Å². The Hall–Kier alpha value is -4.58. The molecule has 204 valence electrons. The van der Waals surface area contributed by atoms with Crippen molar-refractivity contribution in [3.8, 4) is 11.6 Å². The van der Waals surface area contributed by atoms with E-state index in [0.29, 0.717) is 29.8 Å². The number of amides is 1. The van der Waals surface area contributed by atoms with E-state index in [-0.39, 0.29) is 29.6 Å². The highest BCUT2D eigenvalue weighted by Crippen LogP contribution is 2.43. The SMILES string of the molecule is COC1CC(c2cc(C(F)(F)F)cnc2-c2nnc(N[C@H]3N=C(c4ccccc4)c4ccccc4NC3=O)o2)C1. The fourth-order valence-corrected chi connectivity index (χ4v) is 4.81. The molecule has 4 aromatic rings. The van der Waals surface area contributed by atoms with Gasteiger partial charge < -0.3 is 19.8 Å². The van der Waals surface area contributed by atoms with Crippen LogP contribution >= 0.6 is 0 Å². The van der Waals surface area contributed by atoms with E-state index in [9.17, 15) is 18.0 Å². The Morgan fingerprint density at radius 3 is 2.55 bits per heavy atom.